The van der Waals surface area contributed by atoms with Gasteiger partial charge in [0, 0.05) is 6.42 Å². The maximum atomic E-state index is 12.3. The summed E-state index contributed by atoms with van der Waals surface area (Å²) in [5.74, 6) is 0.176. The molecule has 1 aromatic carbocycles. The van der Waals surface area contributed by atoms with Crippen molar-refractivity contribution in [1.82, 2.24) is 4.98 Å². The normalized spacial score (nSPS) is 10.7. The highest BCUT2D eigenvalue weighted by Crippen LogP contribution is 2.21. The third kappa shape index (κ3) is 2.51. The van der Waals surface area contributed by atoms with Crippen molar-refractivity contribution in [3.63, 3.8) is 0 Å². The Kier molecular flexibility index (Phi) is 3.62. The summed E-state index contributed by atoms with van der Waals surface area (Å²) in [7, 11) is 0. The maximum absolute atomic E-state index is 12.3. The van der Waals surface area contributed by atoms with E-state index in [1.165, 1.54) is 22.5 Å². The molecule has 2 aromatic rings. The summed E-state index contributed by atoms with van der Waals surface area (Å²) < 4.78 is 0. The van der Waals surface area contributed by atoms with Crippen molar-refractivity contribution in [2.24, 2.45) is 0 Å². The summed E-state index contributed by atoms with van der Waals surface area (Å²) in [6.45, 7) is 7.95. The van der Waals surface area contributed by atoms with Gasteiger partial charge in [-0.05, 0) is 44.4 Å². The van der Waals surface area contributed by atoms with Gasteiger partial charge in [0.15, 0.2) is 5.78 Å². The van der Waals surface area contributed by atoms with E-state index < -0.39 is 0 Å². The lowest BCUT2D eigenvalue weighted by Gasteiger charge is -2.08. The predicted molar refractivity (Wildman–Crippen MR) is 75.5 cm³/mol. The Balaban J connectivity index is 2.30. The first-order valence-electron chi connectivity index (χ1n) is 6.01. The monoisotopic (exact) mass is 259 g/mol. The number of benzene rings is 1. The number of carbonyl (C=O) groups is 1. The minimum absolute atomic E-state index is 0.176. The number of aryl methyl sites for hydroxylation is 4. The van der Waals surface area contributed by atoms with Crippen molar-refractivity contribution in [2.75, 3.05) is 0 Å². The van der Waals surface area contributed by atoms with Crippen LogP contribution in [-0.4, -0.2) is 10.8 Å². The zero-order chi connectivity index (χ0) is 13.3. The molecule has 3 heteroatoms. The van der Waals surface area contributed by atoms with Crippen LogP contribution in [0.4, 0.5) is 0 Å². The smallest absolute Gasteiger partial charge is 0.179 e. The van der Waals surface area contributed by atoms with Crippen LogP contribution in [0.2, 0.25) is 0 Å². The Morgan fingerprint density at radius 2 is 1.78 bits per heavy atom. The van der Waals surface area contributed by atoms with Crippen molar-refractivity contribution < 1.29 is 4.79 Å². The molecule has 2 nitrogen and oxygen atoms in total. The molecular weight excluding hydrogens is 242 g/mol. The van der Waals surface area contributed by atoms with E-state index in [2.05, 4.69) is 31.0 Å². The molecule has 0 saturated heterocycles. The molecule has 2 rings (SSSR count). The van der Waals surface area contributed by atoms with Crippen molar-refractivity contribution in [2.45, 2.75) is 34.1 Å². The Morgan fingerprint density at radius 1 is 1.17 bits per heavy atom. The van der Waals surface area contributed by atoms with Gasteiger partial charge in [-0.1, -0.05) is 18.2 Å². The number of Topliss-reactive ketones (excluding diaryl/α,β-unsaturated/α-hetero) is 1. The second-order valence-electron chi connectivity index (χ2n) is 4.62. The summed E-state index contributed by atoms with van der Waals surface area (Å²) in [5, 5.41) is 0.956. The first-order valence-corrected chi connectivity index (χ1v) is 6.83. The van der Waals surface area contributed by atoms with Crippen molar-refractivity contribution >= 4 is 17.1 Å². The first-order chi connectivity index (χ1) is 8.49. The molecule has 18 heavy (non-hydrogen) atoms. The fraction of sp³-hybridized carbons (Fsp3) is 0.333. The van der Waals surface area contributed by atoms with Crippen molar-refractivity contribution in [1.29, 1.82) is 0 Å². The summed E-state index contributed by atoms with van der Waals surface area (Å²) >= 11 is 1.49. The Bertz CT molecular complexity index is 578. The number of aromatic nitrogens is 1. The molecule has 94 valence electrons. The molecule has 0 fully saturated rings. The quantitative estimate of drug-likeness (QED) is 0.785. The summed E-state index contributed by atoms with van der Waals surface area (Å²) in [4.78, 5) is 17.4. The fourth-order valence-electron chi connectivity index (χ4n) is 2.16. The van der Waals surface area contributed by atoms with Gasteiger partial charge in [0.25, 0.3) is 0 Å². The number of nitrogens with zero attached hydrogens (tertiary/aromatic N) is 1. The van der Waals surface area contributed by atoms with Gasteiger partial charge in [0.1, 0.15) is 0 Å². The summed E-state index contributed by atoms with van der Waals surface area (Å²) in [6, 6.07) is 6.14. The second-order valence-corrected chi connectivity index (χ2v) is 5.82. The van der Waals surface area contributed by atoms with Crippen LogP contribution in [0, 0.1) is 27.7 Å². The van der Waals surface area contributed by atoms with Gasteiger partial charge in [-0.3, -0.25) is 4.79 Å². The topological polar surface area (TPSA) is 30.0 Å². The molecule has 0 unspecified atom stereocenters. The van der Waals surface area contributed by atoms with E-state index in [0.717, 1.165) is 21.1 Å². The number of thiazole rings is 1. The molecule has 0 aliphatic heterocycles. The Morgan fingerprint density at radius 3 is 2.28 bits per heavy atom. The van der Waals surface area contributed by atoms with E-state index >= 15 is 0 Å². The van der Waals surface area contributed by atoms with E-state index in [4.69, 9.17) is 0 Å². The van der Waals surface area contributed by atoms with Crippen LogP contribution >= 0.6 is 11.3 Å². The lowest BCUT2D eigenvalue weighted by Crippen LogP contribution is -2.06. The zero-order valence-electron chi connectivity index (χ0n) is 11.2. The average Bonchev–Trinajstić information content (AvgIpc) is 2.63. The van der Waals surface area contributed by atoms with Crippen LogP contribution in [0.3, 0.4) is 0 Å². The molecule has 0 radical (unpaired) electrons. The van der Waals surface area contributed by atoms with Gasteiger partial charge < -0.3 is 0 Å². The minimum atomic E-state index is 0.176. The van der Waals surface area contributed by atoms with Crippen LogP contribution in [0.15, 0.2) is 18.2 Å². The number of carbonyl (C=O) groups excluding carboxylic acids is 1. The Hall–Kier alpha value is -1.48. The van der Waals surface area contributed by atoms with Crippen LogP contribution in [0.25, 0.3) is 0 Å². The predicted octanol–water partition coefficient (Wildman–Crippen LogP) is 3.80. The van der Waals surface area contributed by atoms with E-state index in [1.54, 1.807) is 0 Å². The maximum Gasteiger partial charge on any atom is 0.179 e. The zero-order valence-corrected chi connectivity index (χ0v) is 12.0. The molecule has 0 amide bonds. The van der Waals surface area contributed by atoms with Gasteiger partial charge in [-0.2, -0.15) is 0 Å². The number of hydrogen-bond acceptors (Lipinski definition) is 3. The van der Waals surface area contributed by atoms with Gasteiger partial charge in [0.2, 0.25) is 0 Å². The van der Waals surface area contributed by atoms with Crippen LogP contribution in [0.1, 0.15) is 37.1 Å². The van der Waals surface area contributed by atoms with Crippen molar-refractivity contribution in [3.05, 3.63) is 50.5 Å². The number of ketones is 1. The molecule has 0 atom stereocenters. The van der Waals surface area contributed by atoms with E-state index in [9.17, 15) is 4.79 Å². The van der Waals surface area contributed by atoms with Gasteiger partial charge in [-0.15, -0.1) is 11.3 Å². The van der Waals surface area contributed by atoms with Crippen LogP contribution < -0.4 is 0 Å². The largest absolute Gasteiger partial charge is 0.293 e. The standard InChI is InChI=1S/C15H17NOS/c1-9-6-5-7-10(2)13(9)8-14(17)15-11(3)16-12(4)18-15/h5-7H,8H2,1-4H3. The van der Waals surface area contributed by atoms with Crippen LogP contribution in [0.5, 0.6) is 0 Å². The number of rotatable bonds is 3. The molecule has 1 aromatic heterocycles. The molecular formula is C15H17NOS. The van der Waals surface area contributed by atoms with Gasteiger partial charge in [-0.25, -0.2) is 4.98 Å². The average molecular weight is 259 g/mol. The highest BCUT2D eigenvalue weighted by molar-refractivity contribution is 7.13. The summed E-state index contributed by atoms with van der Waals surface area (Å²) in [6.07, 6.45) is 0.473. The minimum Gasteiger partial charge on any atom is -0.293 e. The SMILES string of the molecule is Cc1nc(C)c(C(=O)Cc2c(C)cccc2C)s1. The number of hydrogen-bond donors (Lipinski definition) is 0. The molecule has 0 aliphatic rings. The summed E-state index contributed by atoms with van der Waals surface area (Å²) in [5.41, 5.74) is 4.37. The van der Waals surface area contributed by atoms with Gasteiger partial charge >= 0.3 is 0 Å². The molecule has 0 aliphatic carbocycles. The van der Waals surface area contributed by atoms with E-state index in [1.807, 2.05) is 19.9 Å². The highest BCUT2D eigenvalue weighted by atomic mass is 32.1. The molecule has 0 saturated carbocycles. The van der Waals surface area contributed by atoms with Crippen LogP contribution in [-0.2, 0) is 6.42 Å². The second kappa shape index (κ2) is 5.02. The lowest BCUT2D eigenvalue weighted by atomic mass is 9.97. The third-order valence-corrected chi connectivity index (χ3v) is 4.25. The lowest BCUT2D eigenvalue weighted by molar-refractivity contribution is 0.0995. The van der Waals surface area contributed by atoms with E-state index in [0.29, 0.717) is 6.42 Å². The molecule has 0 N–H and O–H groups in total. The fourth-order valence-corrected chi connectivity index (χ4v) is 3.02. The molecule has 0 spiro atoms. The van der Waals surface area contributed by atoms with Gasteiger partial charge in [0.05, 0.1) is 15.6 Å². The third-order valence-electron chi connectivity index (χ3n) is 3.14. The highest BCUT2D eigenvalue weighted by Gasteiger charge is 2.16. The molecule has 1 heterocycles. The van der Waals surface area contributed by atoms with Crippen molar-refractivity contribution in [3.8, 4) is 0 Å². The molecule has 0 bridgehead atoms. The van der Waals surface area contributed by atoms with E-state index in [-0.39, 0.29) is 5.78 Å². The Labute approximate surface area is 112 Å². The first kappa shape index (κ1) is 13.0.